The molecular weight excluding hydrogens is 340 g/mol. The molecular formula is C19H21ClN2O3. The van der Waals surface area contributed by atoms with Crippen LogP contribution in [0.4, 0.5) is 5.69 Å². The van der Waals surface area contributed by atoms with Crippen LogP contribution in [0, 0.1) is 0 Å². The molecule has 0 fully saturated rings. The lowest BCUT2D eigenvalue weighted by atomic mass is 10.2. The number of carbonyl (C=O) groups excluding carboxylic acids is 2. The maximum absolute atomic E-state index is 12.5. The molecule has 0 saturated heterocycles. The molecule has 0 saturated carbocycles. The summed E-state index contributed by atoms with van der Waals surface area (Å²) >= 11 is 6.00. The normalized spacial score (nSPS) is 11.5. The topological polar surface area (TPSA) is 67.4 Å². The van der Waals surface area contributed by atoms with Crippen LogP contribution in [0.3, 0.4) is 0 Å². The van der Waals surface area contributed by atoms with E-state index >= 15 is 0 Å². The van der Waals surface area contributed by atoms with E-state index in [4.69, 9.17) is 16.3 Å². The minimum Gasteiger partial charge on any atom is -0.483 e. The molecule has 5 nitrogen and oxygen atoms in total. The van der Waals surface area contributed by atoms with Crippen LogP contribution in [-0.4, -0.2) is 24.5 Å². The zero-order valence-electron chi connectivity index (χ0n) is 14.2. The number of benzene rings is 2. The van der Waals surface area contributed by atoms with Crippen LogP contribution in [0.2, 0.25) is 5.02 Å². The van der Waals surface area contributed by atoms with Gasteiger partial charge in [0.25, 0.3) is 11.8 Å². The monoisotopic (exact) mass is 360 g/mol. The molecule has 132 valence electrons. The minimum atomic E-state index is -0.356. The molecule has 0 bridgehead atoms. The van der Waals surface area contributed by atoms with Gasteiger partial charge in [0.05, 0.1) is 5.56 Å². The summed E-state index contributed by atoms with van der Waals surface area (Å²) in [5.41, 5.74) is 0.931. The molecule has 2 aromatic rings. The number of nitrogens with one attached hydrogen (secondary N) is 2. The number of ether oxygens (including phenoxy) is 1. The highest BCUT2D eigenvalue weighted by Crippen LogP contribution is 2.24. The molecule has 6 heteroatoms. The zero-order valence-corrected chi connectivity index (χ0v) is 15.0. The average Bonchev–Trinajstić information content (AvgIpc) is 2.61. The van der Waals surface area contributed by atoms with Crippen LogP contribution in [-0.2, 0) is 4.79 Å². The van der Waals surface area contributed by atoms with Gasteiger partial charge in [0, 0.05) is 16.8 Å². The standard InChI is InChI=1S/C19H21ClN2O3/c1-3-13(2)21-18(23)12-25-17-10-9-14(20)11-16(17)19(24)22-15-7-5-4-6-8-15/h4-11,13H,3,12H2,1-2H3,(H,21,23)(H,22,24)/t13-/m0/s1. The Kier molecular flexibility index (Phi) is 6.83. The van der Waals surface area contributed by atoms with Crippen molar-refractivity contribution in [2.45, 2.75) is 26.3 Å². The maximum Gasteiger partial charge on any atom is 0.259 e. The first-order valence-electron chi connectivity index (χ1n) is 8.07. The second kappa shape index (κ2) is 9.08. The van der Waals surface area contributed by atoms with Crippen LogP contribution in [0.5, 0.6) is 5.75 Å². The van der Waals surface area contributed by atoms with E-state index < -0.39 is 0 Å². The van der Waals surface area contributed by atoms with Crippen molar-refractivity contribution in [1.29, 1.82) is 0 Å². The predicted octanol–water partition coefficient (Wildman–Crippen LogP) is 3.89. The Morgan fingerprint density at radius 1 is 1.16 bits per heavy atom. The van der Waals surface area contributed by atoms with Crippen molar-refractivity contribution in [2.24, 2.45) is 0 Å². The number of anilines is 1. The largest absolute Gasteiger partial charge is 0.483 e. The Morgan fingerprint density at radius 2 is 1.88 bits per heavy atom. The van der Waals surface area contributed by atoms with E-state index in [1.807, 2.05) is 32.0 Å². The maximum atomic E-state index is 12.5. The van der Waals surface area contributed by atoms with Crippen molar-refractivity contribution in [3.8, 4) is 5.75 Å². The summed E-state index contributed by atoms with van der Waals surface area (Å²) in [4.78, 5) is 24.4. The van der Waals surface area contributed by atoms with Crippen LogP contribution in [0.15, 0.2) is 48.5 Å². The second-order valence-electron chi connectivity index (χ2n) is 5.63. The minimum absolute atomic E-state index is 0.0715. The number of para-hydroxylation sites is 1. The third-order valence-corrected chi connectivity index (χ3v) is 3.83. The van der Waals surface area contributed by atoms with Crippen LogP contribution in [0.1, 0.15) is 30.6 Å². The van der Waals surface area contributed by atoms with Crippen molar-refractivity contribution in [2.75, 3.05) is 11.9 Å². The summed E-state index contributed by atoms with van der Waals surface area (Å²) < 4.78 is 5.53. The van der Waals surface area contributed by atoms with E-state index in [-0.39, 0.29) is 30.0 Å². The lowest BCUT2D eigenvalue weighted by Gasteiger charge is -2.14. The molecule has 1 atom stereocenters. The smallest absolute Gasteiger partial charge is 0.259 e. The fourth-order valence-corrected chi connectivity index (χ4v) is 2.26. The number of amides is 2. The fourth-order valence-electron chi connectivity index (χ4n) is 2.09. The molecule has 0 aliphatic heterocycles. The summed E-state index contributed by atoms with van der Waals surface area (Å²) in [6.07, 6.45) is 0.831. The van der Waals surface area contributed by atoms with Crippen molar-refractivity contribution in [3.05, 3.63) is 59.1 Å². The third kappa shape index (κ3) is 5.80. The Bertz CT molecular complexity index is 735. The predicted molar refractivity (Wildman–Crippen MR) is 99.2 cm³/mol. The van der Waals surface area contributed by atoms with Crippen LogP contribution < -0.4 is 15.4 Å². The first-order chi connectivity index (χ1) is 12.0. The Morgan fingerprint density at radius 3 is 2.56 bits per heavy atom. The van der Waals surface area contributed by atoms with E-state index in [1.54, 1.807) is 24.3 Å². The van der Waals surface area contributed by atoms with Crippen molar-refractivity contribution >= 4 is 29.1 Å². The molecule has 2 amide bonds. The van der Waals surface area contributed by atoms with Crippen molar-refractivity contribution in [1.82, 2.24) is 5.32 Å². The van der Waals surface area contributed by atoms with Crippen molar-refractivity contribution < 1.29 is 14.3 Å². The van der Waals surface area contributed by atoms with Gasteiger partial charge in [0.15, 0.2) is 6.61 Å². The van der Waals surface area contributed by atoms with Gasteiger partial charge in [-0.3, -0.25) is 9.59 Å². The molecule has 25 heavy (non-hydrogen) atoms. The quantitative estimate of drug-likeness (QED) is 0.787. The molecule has 2 N–H and O–H groups in total. The first-order valence-corrected chi connectivity index (χ1v) is 8.45. The summed E-state index contributed by atoms with van der Waals surface area (Å²) in [5, 5.41) is 6.00. The number of hydrogen-bond acceptors (Lipinski definition) is 3. The van der Waals surface area contributed by atoms with Gasteiger partial charge in [-0.2, -0.15) is 0 Å². The lowest BCUT2D eigenvalue weighted by Crippen LogP contribution is -2.35. The summed E-state index contributed by atoms with van der Waals surface area (Å²) in [7, 11) is 0. The molecule has 0 heterocycles. The third-order valence-electron chi connectivity index (χ3n) is 3.60. The van der Waals surface area contributed by atoms with Gasteiger partial charge in [0.1, 0.15) is 5.75 Å². The summed E-state index contributed by atoms with van der Waals surface area (Å²) in [6.45, 7) is 3.73. The van der Waals surface area contributed by atoms with Gasteiger partial charge in [-0.25, -0.2) is 0 Å². The van der Waals surface area contributed by atoms with Crippen LogP contribution >= 0.6 is 11.6 Å². The van der Waals surface area contributed by atoms with E-state index in [2.05, 4.69) is 10.6 Å². The molecule has 2 aromatic carbocycles. The van der Waals surface area contributed by atoms with Crippen LogP contribution in [0.25, 0.3) is 0 Å². The van der Waals surface area contributed by atoms with E-state index in [1.165, 1.54) is 6.07 Å². The fraction of sp³-hybridized carbons (Fsp3) is 0.263. The number of carbonyl (C=O) groups is 2. The van der Waals surface area contributed by atoms with E-state index in [9.17, 15) is 9.59 Å². The van der Waals surface area contributed by atoms with Gasteiger partial charge >= 0.3 is 0 Å². The highest BCUT2D eigenvalue weighted by atomic mass is 35.5. The summed E-state index contributed by atoms with van der Waals surface area (Å²) in [6, 6.07) is 13.9. The highest BCUT2D eigenvalue weighted by Gasteiger charge is 2.15. The average molecular weight is 361 g/mol. The molecule has 0 radical (unpaired) electrons. The van der Waals surface area contributed by atoms with Gasteiger partial charge in [-0.1, -0.05) is 36.7 Å². The molecule has 0 unspecified atom stereocenters. The summed E-state index contributed by atoms with van der Waals surface area (Å²) in [5.74, 6) is -0.290. The molecule has 0 aliphatic rings. The highest BCUT2D eigenvalue weighted by molar-refractivity contribution is 6.31. The SMILES string of the molecule is CC[C@H](C)NC(=O)COc1ccc(Cl)cc1C(=O)Nc1ccccc1. The molecule has 0 aliphatic carbocycles. The number of hydrogen-bond donors (Lipinski definition) is 2. The Labute approximate surface area is 152 Å². The van der Waals surface area contributed by atoms with Gasteiger partial charge in [-0.05, 0) is 43.7 Å². The van der Waals surface area contributed by atoms with Gasteiger partial charge < -0.3 is 15.4 Å². The van der Waals surface area contributed by atoms with E-state index in [0.717, 1.165) is 6.42 Å². The molecule has 2 rings (SSSR count). The van der Waals surface area contributed by atoms with E-state index in [0.29, 0.717) is 16.5 Å². The van der Waals surface area contributed by atoms with Crippen molar-refractivity contribution in [3.63, 3.8) is 0 Å². The Balaban J connectivity index is 2.09. The van der Waals surface area contributed by atoms with Gasteiger partial charge in [-0.15, -0.1) is 0 Å². The number of rotatable bonds is 7. The lowest BCUT2D eigenvalue weighted by molar-refractivity contribution is -0.123. The second-order valence-corrected chi connectivity index (χ2v) is 6.06. The first kappa shape index (κ1) is 18.8. The molecule has 0 spiro atoms. The molecule has 0 aromatic heterocycles. The zero-order chi connectivity index (χ0) is 18.2. The van der Waals surface area contributed by atoms with Gasteiger partial charge in [0.2, 0.25) is 0 Å². The number of halogens is 1. The Hall–Kier alpha value is -2.53.